The van der Waals surface area contributed by atoms with E-state index in [1.165, 1.54) is 32.1 Å². The van der Waals surface area contributed by atoms with E-state index in [0.29, 0.717) is 6.54 Å². The Hall–Kier alpha value is -1.50. The van der Waals surface area contributed by atoms with Crippen LogP contribution in [0.3, 0.4) is 0 Å². The van der Waals surface area contributed by atoms with Crippen molar-refractivity contribution in [3.05, 3.63) is 0 Å². The molecule has 1 rings (SSSR count). The van der Waals surface area contributed by atoms with Gasteiger partial charge in [0.2, 0.25) is 0 Å². The lowest BCUT2D eigenvalue weighted by Gasteiger charge is -2.31. The molecule has 0 aliphatic heterocycles. The van der Waals surface area contributed by atoms with Gasteiger partial charge in [-0.3, -0.25) is 4.99 Å². The molecule has 1 amide bonds. The van der Waals surface area contributed by atoms with Gasteiger partial charge in [-0.05, 0) is 47.1 Å². The summed E-state index contributed by atoms with van der Waals surface area (Å²) in [6, 6.07) is 0.736. The highest BCUT2D eigenvalue weighted by Gasteiger charge is 2.17. The number of likely N-dealkylation sites (N-methyl/N-ethyl adjacent to an activating group) is 1. The first-order valence-corrected chi connectivity index (χ1v) is 9.93. The average Bonchev–Trinajstić information content (AvgIpc) is 2.59. The predicted molar refractivity (Wildman–Crippen MR) is 108 cm³/mol. The first-order chi connectivity index (χ1) is 12.3. The van der Waals surface area contributed by atoms with Crippen LogP contribution in [0.15, 0.2) is 4.99 Å². The van der Waals surface area contributed by atoms with Crippen molar-refractivity contribution in [2.24, 2.45) is 4.99 Å². The molecule has 152 valence electrons. The van der Waals surface area contributed by atoms with Gasteiger partial charge in [-0.2, -0.15) is 0 Å². The van der Waals surface area contributed by atoms with E-state index in [1.54, 1.807) is 7.05 Å². The molecule has 7 heteroatoms. The van der Waals surface area contributed by atoms with Gasteiger partial charge in [0, 0.05) is 39.3 Å². The summed E-state index contributed by atoms with van der Waals surface area (Å²) in [5.41, 5.74) is -0.459. The Labute approximate surface area is 159 Å². The minimum absolute atomic E-state index is 0.370. The molecule has 0 bridgehead atoms. The summed E-state index contributed by atoms with van der Waals surface area (Å²) in [4.78, 5) is 18.3. The Kier molecular flexibility index (Phi) is 10.4. The maximum Gasteiger partial charge on any atom is 0.407 e. The third-order valence-corrected chi connectivity index (χ3v) is 4.49. The first-order valence-electron chi connectivity index (χ1n) is 9.93. The zero-order valence-corrected chi connectivity index (χ0v) is 17.4. The lowest BCUT2D eigenvalue weighted by atomic mass is 9.94. The number of amides is 1. The molecule has 26 heavy (non-hydrogen) atoms. The van der Waals surface area contributed by atoms with Crippen molar-refractivity contribution in [1.82, 2.24) is 20.9 Å². The van der Waals surface area contributed by atoms with Crippen LogP contribution in [0.25, 0.3) is 0 Å². The van der Waals surface area contributed by atoms with Gasteiger partial charge in [0.25, 0.3) is 0 Å². The van der Waals surface area contributed by atoms with Crippen LogP contribution in [0, 0.1) is 0 Å². The van der Waals surface area contributed by atoms with Crippen LogP contribution in [-0.4, -0.2) is 68.9 Å². The molecule has 0 radical (unpaired) electrons. The Morgan fingerprint density at radius 1 is 1.08 bits per heavy atom. The molecule has 0 saturated heterocycles. The topological polar surface area (TPSA) is 78.0 Å². The second-order valence-corrected chi connectivity index (χ2v) is 7.98. The lowest BCUT2D eigenvalue weighted by molar-refractivity contribution is 0.0527. The van der Waals surface area contributed by atoms with Crippen molar-refractivity contribution in [1.29, 1.82) is 0 Å². The smallest absolute Gasteiger partial charge is 0.407 e. The number of guanidine groups is 1. The second kappa shape index (κ2) is 12.0. The fourth-order valence-electron chi connectivity index (χ4n) is 3.08. The number of alkyl carbamates (subject to hydrolysis) is 1. The molecule has 0 aromatic heterocycles. The number of rotatable bonds is 8. The molecule has 3 N–H and O–H groups in total. The first kappa shape index (κ1) is 22.5. The molecule has 1 fully saturated rings. The molecular formula is C19H39N5O2. The normalized spacial score (nSPS) is 16.5. The molecular weight excluding hydrogens is 330 g/mol. The van der Waals surface area contributed by atoms with Gasteiger partial charge in [-0.1, -0.05) is 19.3 Å². The summed E-state index contributed by atoms with van der Waals surface area (Å²) in [6.45, 7) is 8.78. The van der Waals surface area contributed by atoms with Gasteiger partial charge < -0.3 is 25.6 Å². The minimum atomic E-state index is -0.459. The number of hydrogen-bond donors (Lipinski definition) is 3. The SMILES string of the molecule is CN=C(NCCCNC(=O)OC(C)(C)C)NCCN(C)C1CCCCC1. The molecule has 0 unspecified atom stereocenters. The van der Waals surface area contributed by atoms with Crippen molar-refractivity contribution >= 4 is 12.1 Å². The number of carbonyl (C=O) groups is 1. The number of aliphatic imine (C=N–C) groups is 1. The van der Waals surface area contributed by atoms with E-state index >= 15 is 0 Å². The van der Waals surface area contributed by atoms with E-state index in [1.807, 2.05) is 20.8 Å². The summed E-state index contributed by atoms with van der Waals surface area (Å²) in [5.74, 6) is 0.805. The summed E-state index contributed by atoms with van der Waals surface area (Å²) in [7, 11) is 4.00. The highest BCUT2D eigenvalue weighted by Crippen LogP contribution is 2.21. The van der Waals surface area contributed by atoms with Crippen molar-refractivity contribution in [2.75, 3.05) is 40.3 Å². The summed E-state index contributed by atoms with van der Waals surface area (Å²) in [5, 5.41) is 9.39. The summed E-state index contributed by atoms with van der Waals surface area (Å²) >= 11 is 0. The quantitative estimate of drug-likeness (QED) is 0.348. The molecule has 0 spiro atoms. The monoisotopic (exact) mass is 369 g/mol. The van der Waals surface area contributed by atoms with E-state index in [2.05, 4.69) is 32.9 Å². The highest BCUT2D eigenvalue weighted by atomic mass is 16.6. The molecule has 1 aliphatic rings. The number of carbonyl (C=O) groups excluding carboxylic acids is 1. The van der Waals surface area contributed by atoms with Crippen LogP contribution >= 0.6 is 0 Å². The zero-order chi connectivity index (χ0) is 19.4. The molecule has 1 saturated carbocycles. The zero-order valence-electron chi connectivity index (χ0n) is 17.4. The molecule has 0 atom stereocenters. The fraction of sp³-hybridized carbons (Fsp3) is 0.895. The second-order valence-electron chi connectivity index (χ2n) is 7.98. The average molecular weight is 370 g/mol. The lowest BCUT2D eigenvalue weighted by Crippen LogP contribution is -2.44. The number of hydrogen-bond acceptors (Lipinski definition) is 4. The molecule has 0 heterocycles. The van der Waals surface area contributed by atoms with Crippen LogP contribution in [0.2, 0.25) is 0 Å². The van der Waals surface area contributed by atoms with Gasteiger partial charge in [-0.25, -0.2) is 4.79 Å². The third kappa shape index (κ3) is 10.5. The minimum Gasteiger partial charge on any atom is -0.444 e. The third-order valence-electron chi connectivity index (χ3n) is 4.49. The van der Waals surface area contributed by atoms with Gasteiger partial charge in [-0.15, -0.1) is 0 Å². The number of nitrogens with zero attached hydrogens (tertiary/aromatic N) is 2. The molecule has 1 aliphatic carbocycles. The highest BCUT2D eigenvalue weighted by molar-refractivity contribution is 5.79. The van der Waals surface area contributed by atoms with E-state index in [9.17, 15) is 4.79 Å². The van der Waals surface area contributed by atoms with E-state index in [0.717, 1.165) is 38.1 Å². The van der Waals surface area contributed by atoms with Gasteiger partial charge >= 0.3 is 6.09 Å². The Bertz CT molecular complexity index is 428. The van der Waals surface area contributed by atoms with Gasteiger partial charge in [0.05, 0.1) is 0 Å². The van der Waals surface area contributed by atoms with Crippen LogP contribution in [0.1, 0.15) is 59.3 Å². The fourth-order valence-corrected chi connectivity index (χ4v) is 3.08. The Balaban J connectivity index is 2.08. The largest absolute Gasteiger partial charge is 0.444 e. The summed E-state index contributed by atoms with van der Waals surface area (Å²) < 4.78 is 5.20. The van der Waals surface area contributed by atoms with Crippen LogP contribution in [-0.2, 0) is 4.74 Å². The van der Waals surface area contributed by atoms with E-state index < -0.39 is 5.60 Å². The molecule has 0 aromatic carbocycles. The van der Waals surface area contributed by atoms with Crippen molar-refractivity contribution in [3.63, 3.8) is 0 Å². The van der Waals surface area contributed by atoms with Crippen molar-refractivity contribution in [2.45, 2.75) is 70.9 Å². The van der Waals surface area contributed by atoms with E-state index in [4.69, 9.17) is 4.74 Å². The number of ether oxygens (including phenoxy) is 1. The van der Waals surface area contributed by atoms with Crippen molar-refractivity contribution in [3.8, 4) is 0 Å². The van der Waals surface area contributed by atoms with Crippen LogP contribution in [0.5, 0.6) is 0 Å². The van der Waals surface area contributed by atoms with Crippen LogP contribution in [0.4, 0.5) is 4.79 Å². The molecule has 7 nitrogen and oxygen atoms in total. The van der Waals surface area contributed by atoms with Crippen LogP contribution < -0.4 is 16.0 Å². The maximum absolute atomic E-state index is 11.6. The standard InChI is InChI=1S/C19H39N5O2/c1-19(2,3)26-18(25)23-13-9-12-21-17(20-4)22-14-15-24(5)16-10-7-6-8-11-16/h16H,6-15H2,1-5H3,(H,23,25)(H2,20,21,22). The number of nitrogens with one attached hydrogen (secondary N) is 3. The molecule has 0 aromatic rings. The van der Waals surface area contributed by atoms with Gasteiger partial charge in [0.1, 0.15) is 5.60 Å². The Morgan fingerprint density at radius 3 is 2.31 bits per heavy atom. The predicted octanol–water partition coefficient (Wildman–Crippen LogP) is 2.33. The van der Waals surface area contributed by atoms with Crippen molar-refractivity contribution < 1.29 is 9.53 Å². The van der Waals surface area contributed by atoms with Gasteiger partial charge in [0.15, 0.2) is 5.96 Å². The Morgan fingerprint density at radius 2 is 1.69 bits per heavy atom. The maximum atomic E-state index is 11.6. The van der Waals surface area contributed by atoms with E-state index in [-0.39, 0.29) is 6.09 Å². The summed E-state index contributed by atoms with van der Waals surface area (Å²) in [6.07, 6.45) is 7.21.